The van der Waals surface area contributed by atoms with Gasteiger partial charge in [-0.05, 0) is 31.4 Å². The number of rotatable bonds is 0. The van der Waals surface area contributed by atoms with E-state index in [2.05, 4.69) is 0 Å². The standard InChI is InChI=1S/C14H17ClO3/c1-7-9(16)6-8-10(11(7)15)13(18)14(12(8)17)4-2-3-5-14/h6,12-13,16-18H,2-5H2,1H3. The Labute approximate surface area is 111 Å². The summed E-state index contributed by atoms with van der Waals surface area (Å²) in [5, 5.41) is 31.3. The van der Waals surface area contributed by atoms with E-state index < -0.39 is 17.6 Å². The van der Waals surface area contributed by atoms with E-state index in [-0.39, 0.29) is 5.75 Å². The molecule has 1 fully saturated rings. The highest BCUT2D eigenvalue weighted by molar-refractivity contribution is 6.32. The fourth-order valence-electron chi connectivity index (χ4n) is 3.61. The summed E-state index contributed by atoms with van der Waals surface area (Å²) in [7, 11) is 0. The third-order valence-corrected chi connectivity index (χ3v) is 5.23. The molecule has 4 heteroatoms. The van der Waals surface area contributed by atoms with Gasteiger partial charge in [-0.25, -0.2) is 0 Å². The molecule has 0 amide bonds. The Bertz CT molecular complexity index is 506. The highest BCUT2D eigenvalue weighted by atomic mass is 35.5. The van der Waals surface area contributed by atoms with Crippen LogP contribution in [0.1, 0.15) is 54.6 Å². The van der Waals surface area contributed by atoms with Crippen LogP contribution in [0.5, 0.6) is 5.75 Å². The quantitative estimate of drug-likeness (QED) is 0.678. The summed E-state index contributed by atoms with van der Waals surface area (Å²) in [5.41, 5.74) is 1.28. The number of aromatic hydroxyl groups is 1. The van der Waals surface area contributed by atoms with Crippen molar-refractivity contribution in [1.29, 1.82) is 0 Å². The van der Waals surface area contributed by atoms with Crippen molar-refractivity contribution in [2.75, 3.05) is 0 Å². The first-order valence-corrected chi connectivity index (χ1v) is 6.75. The molecule has 2 aliphatic rings. The van der Waals surface area contributed by atoms with Crippen LogP contribution in [-0.4, -0.2) is 15.3 Å². The third-order valence-electron chi connectivity index (χ3n) is 4.74. The van der Waals surface area contributed by atoms with Crippen LogP contribution in [0.15, 0.2) is 6.07 Å². The SMILES string of the molecule is Cc1c(O)cc2c(c1Cl)C(O)C1(CCCC1)C2O. The van der Waals surface area contributed by atoms with Crippen molar-refractivity contribution in [2.24, 2.45) is 5.41 Å². The van der Waals surface area contributed by atoms with Gasteiger partial charge in [0.05, 0.1) is 17.2 Å². The molecule has 0 aliphatic heterocycles. The molecule has 3 nitrogen and oxygen atoms in total. The van der Waals surface area contributed by atoms with Crippen molar-refractivity contribution < 1.29 is 15.3 Å². The molecule has 0 heterocycles. The Balaban J connectivity index is 2.21. The predicted octanol–water partition coefficient (Wildman–Crippen LogP) is 2.99. The van der Waals surface area contributed by atoms with Crippen LogP contribution in [0.3, 0.4) is 0 Å². The largest absolute Gasteiger partial charge is 0.508 e. The zero-order valence-corrected chi connectivity index (χ0v) is 11.0. The van der Waals surface area contributed by atoms with Gasteiger partial charge in [-0.1, -0.05) is 24.4 Å². The molecule has 0 radical (unpaired) electrons. The number of hydrogen-bond donors (Lipinski definition) is 3. The predicted molar refractivity (Wildman–Crippen MR) is 68.7 cm³/mol. The molecule has 2 aliphatic carbocycles. The van der Waals surface area contributed by atoms with Crippen LogP contribution in [-0.2, 0) is 0 Å². The number of benzene rings is 1. The highest BCUT2D eigenvalue weighted by Crippen LogP contribution is 2.63. The molecule has 1 saturated carbocycles. The summed E-state index contributed by atoms with van der Waals surface area (Å²) in [6.45, 7) is 1.72. The molecule has 1 aromatic rings. The minimum absolute atomic E-state index is 0.0834. The van der Waals surface area contributed by atoms with Gasteiger partial charge in [0.15, 0.2) is 0 Å². The molecule has 0 aromatic heterocycles. The molecule has 1 spiro atoms. The third kappa shape index (κ3) is 1.33. The molecule has 0 saturated heterocycles. The summed E-state index contributed by atoms with van der Waals surface area (Å²) in [4.78, 5) is 0. The van der Waals surface area contributed by atoms with Crippen LogP contribution < -0.4 is 0 Å². The molecule has 3 N–H and O–H groups in total. The smallest absolute Gasteiger partial charge is 0.120 e. The van der Waals surface area contributed by atoms with Gasteiger partial charge in [-0.15, -0.1) is 0 Å². The van der Waals surface area contributed by atoms with Gasteiger partial charge < -0.3 is 15.3 Å². The van der Waals surface area contributed by atoms with E-state index in [0.717, 1.165) is 25.7 Å². The summed E-state index contributed by atoms with van der Waals surface area (Å²) in [6, 6.07) is 1.55. The average Bonchev–Trinajstić information content (AvgIpc) is 2.90. The first-order valence-electron chi connectivity index (χ1n) is 6.37. The molecular formula is C14H17ClO3. The van der Waals surface area contributed by atoms with Crippen LogP contribution in [0.4, 0.5) is 0 Å². The molecule has 2 atom stereocenters. The maximum Gasteiger partial charge on any atom is 0.120 e. The van der Waals surface area contributed by atoms with Gasteiger partial charge in [0.2, 0.25) is 0 Å². The van der Waals surface area contributed by atoms with E-state index in [1.54, 1.807) is 13.0 Å². The van der Waals surface area contributed by atoms with Crippen molar-refractivity contribution in [2.45, 2.75) is 44.8 Å². The van der Waals surface area contributed by atoms with Crippen molar-refractivity contribution in [1.82, 2.24) is 0 Å². The number of phenols is 1. The lowest BCUT2D eigenvalue weighted by atomic mass is 9.79. The molecule has 2 unspecified atom stereocenters. The Morgan fingerprint density at radius 1 is 1.22 bits per heavy atom. The second kappa shape index (κ2) is 3.86. The van der Waals surface area contributed by atoms with Gasteiger partial charge >= 0.3 is 0 Å². The number of halogens is 1. The van der Waals surface area contributed by atoms with Crippen LogP contribution in [0.2, 0.25) is 5.02 Å². The zero-order chi connectivity index (χ0) is 13.1. The van der Waals surface area contributed by atoms with Gasteiger partial charge in [-0.3, -0.25) is 0 Å². The summed E-state index contributed by atoms with van der Waals surface area (Å²) in [6.07, 6.45) is 2.20. The van der Waals surface area contributed by atoms with Gasteiger partial charge in [0.25, 0.3) is 0 Å². The lowest BCUT2D eigenvalue weighted by molar-refractivity contribution is -0.0489. The normalized spacial score (nSPS) is 28.9. The molecule has 0 bridgehead atoms. The molecular weight excluding hydrogens is 252 g/mol. The Morgan fingerprint density at radius 2 is 1.83 bits per heavy atom. The van der Waals surface area contributed by atoms with Crippen molar-refractivity contribution >= 4 is 11.6 Å². The van der Waals surface area contributed by atoms with Gasteiger partial charge in [0.1, 0.15) is 5.75 Å². The van der Waals surface area contributed by atoms with E-state index in [1.807, 2.05) is 0 Å². The van der Waals surface area contributed by atoms with Crippen LogP contribution >= 0.6 is 11.6 Å². The average molecular weight is 269 g/mol. The first-order chi connectivity index (χ1) is 8.49. The van der Waals surface area contributed by atoms with Gasteiger partial charge in [-0.2, -0.15) is 0 Å². The Hall–Kier alpha value is -0.770. The molecule has 3 rings (SSSR count). The second-order valence-corrected chi connectivity index (χ2v) is 5.96. The minimum Gasteiger partial charge on any atom is -0.508 e. The first kappa shape index (κ1) is 12.3. The lowest BCUT2D eigenvalue weighted by Gasteiger charge is -2.31. The topological polar surface area (TPSA) is 60.7 Å². The summed E-state index contributed by atoms with van der Waals surface area (Å²) < 4.78 is 0. The maximum absolute atomic E-state index is 10.6. The molecule has 98 valence electrons. The number of fused-ring (bicyclic) bond motifs is 1. The van der Waals surface area contributed by atoms with E-state index in [4.69, 9.17) is 11.6 Å². The maximum atomic E-state index is 10.6. The zero-order valence-electron chi connectivity index (χ0n) is 10.3. The molecule has 18 heavy (non-hydrogen) atoms. The lowest BCUT2D eigenvalue weighted by Crippen LogP contribution is -2.26. The van der Waals surface area contributed by atoms with E-state index in [9.17, 15) is 15.3 Å². The fourth-order valence-corrected chi connectivity index (χ4v) is 3.91. The number of aliphatic hydroxyl groups excluding tert-OH is 2. The van der Waals surface area contributed by atoms with Crippen molar-refractivity contribution in [3.8, 4) is 5.75 Å². The highest BCUT2D eigenvalue weighted by Gasteiger charge is 2.54. The number of phenolic OH excluding ortho intramolecular Hbond substituents is 1. The van der Waals surface area contributed by atoms with Gasteiger partial charge in [0, 0.05) is 16.5 Å². The fraction of sp³-hybridized carbons (Fsp3) is 0.571. The minimum atomic E-state index is -0.728. The molecule has 1 aromatic carbocycles. The summed E-state index contributed by atoms with van der Waals surface area (Å²) >= 11 is 6.23. The van der Waals surface area contributed by atoms with Crippen molar-refractivity contribution in [3.63, 3.8) is 0 Å². The number of hydrogen-bond acceptors (Lipinski definition) is 3. The monoisotopic (exact) mass is 268 g/mol. The Kier molecular flexibility index (Phi) is 2.63. The van der Waals surface area contributed by atoms with E-state index in [0.29, 0.717) is 21.7 Å². The van der Waals surface area contributed by atoms with Crippen molar-refractivity contribution in [3.05, 3.63) is 27.8 Å². The van der Waals surface area contributed by atoms with E-state index in [1.165, 1.54) is 0 Å². The number of aliphatic hydroxyl groups is 2. The van der Waals surface area contributed by atoms with E-state index >= 15 is 0 Å². The summed E-state index contributed by atoms with van der Waals surface area (Å²) in [5.74, 6) is 0.0834. The van der Waals surface area contributed by atoms with Crippen LogP contribution in [0, 0.1) is 12.3 Å². The second-order valence-electron chi connectivity index (χ2n) is 5.58. The van der Waals surface area contributed by atoms with Crippen LogP contribution in [0.25, 0.3) is 0 Å². The Morgan fingerprint density at radius 3 is 2.44 bits per heavy atom.